The molecule has 3 saturated carbocycles. The molecule has 0 spiro atoms. The van der Waals surface area contributed by atoms with Gasteiger partial charge in [-0.25, -0.2) is 0 Å². The van der Waals surface area contributed by atoms with Gasteiger partial charge >= 0.3 is 5.97 Å². The second kappa shape index (κ2) is 5.19. The highest BCUT2D eigenvalue weighted by atomic mass is 32.2. The number of anilines is 1. The summed E-state index contributed by atoms with van der Waals surface area (Å²) < 4.78 is 2.20. The molecule has 7 heteroatoms. The van der Waals surface area contributed by atoms with E-state index in [1.165, 1.54) is 37.4 Å². The SMILES string of the molecule is O=C(O)CSc1nnc(N(CC2CC2)C2CC2)n1C1CC1. The predicted molar refractivity (Wildman–Crippen MR) is 79.7 cm³/mol. The van der Waals surface area contributed by atoms with Crippen molar-refractivity contribution >= 4 is 23.7 Å². The lowest BCUT2D eigenvalue weighted by Crippen LogP contribution is -2.31. The molecule has 1 N–H and O–H groups in total. The first-order valence-corrected chi connectivity index (χ1v) is 8.77. The van der Waals surface area contributed by atoms with Crippen LogP contribution < -0.4 is 4.90 Å². The van der Waals surface area contributed by atoms with Crippen molar-refractivity contribution in [2.45, 2.75) is 55.8 Å². The summed E-state index contributed by atoms with van der Waals surface area (Å²) >= 11 is 1.29. The van der Waals surface area contributed by atoms with Crippen molar-refractivity contribution in [3.05, 3.63) is 0 Å². The number of hydrogen-bond acceptors (Lipinski definition) is 5. The van der Waals surface area contributed by atoms with Crippen LogP contribution in [-0.2, 0) is 4.79 Å². The van der Waals surface area contributed by atoms with Gasteiger partial charge in [-0.3, -0.25) is 9.36 Å². The fourth-order valence-corrected chi connectivity index (χ4v) is 3.42. The highest BCUT2D eigenvalue weighted by Crippen LogP contribution is 2.44. The molecule has 0 unspecified atom stereocenters. The minimum Gasteiger partial charge on any atom is -0.481 e. The van der Waals surface area contributed by atoms with Crippen molar-refractivity contribution in [1.82, 2.24) is 14.8 Å². The molecule has 21 heavy (non-hydrogen) atoms. The van der Waals surface area contributed by atoms with Crippen molar-refractivity contribution in [3.63, 3.8) is 0 Å². The smallest absolute Gasteiger partial charge is 0.313 e. The van der Waals surface area contributed by atoms with Crippen molar-refractivity contribution in [2.75, 3.05) is 17.2 Å². The van der Waals surface area contributed by atoms with Gasteiger partial charge in [0.05, 0.1) is 5.75 Å². The van der Waals surface area contributed by atoms with E-state index < -0.39 is 5.97 Å². The van der Waals surface area contributed by atoms with Gasteiger partial charge in [-0.05, 0) is 44.4 Å². The summed E-state index contributed by atoms with van der Waals surface area (Å²) in [5, 5.41) is 18.3. The summed E-state index contributed by atoms with van der Waals surface area (Å²) in [5.41, 5.74) is 0. The Balaban J connectivity index is 1.58. The molecule has 114 valence electrons. The van der Waals surface area contributed by atoms with E-state index in [1.54, 1.807) is 0 Å². The Kier molecular flexibility index (Phi) is 3.32. The van der Waals surface area contributed by atoms with Crippen LogP contribution in [0.3, 0.4) is 0 Å². The van der Waals surface area contributed by atoms with Crippen LogP contribution >= 0.6 is 11.8 Å². The molecule has 0 bridgehead atoms. The average molecular weight is 308 g/mol. The molecule has 0 atom stereocenters. The zero-order valence-corrected chi connectivity index (χ0v) is 12.8. The van der Waals surface area contributed by atoms with Gasteiger partial charge < -0.3 is 10.0 Å². The van der Waals surface area contributed by atoms with Crippen molar-refractivity contribution in [1.29, 1.82) is 0 Å². The number of carboxylic acids is 1. The summed E-state index contributed by atoms with van der Waals surface area (Å²) in [6.07, 6.45) is 7.49. The van der Waals surface area contributed by atoms with Gasteiger partial charge in [-0.1, -0.05) is 11.8 Å². The highest BCUT2D eigenvalue weighted by molar-refractivity contribution is 7.99. The molecule has 1 aromatic heterocycles. The van der Waals surface area contributed by atoms with E-state index in [-0.39, 0.29) is 5.75 Å². The number of nitrogens with zero attached hydrogens (tertiary/aromatic N) is 4. The monoisotopic (exact) mass is 308 g/mol. The number of rotatable bonds is 8. The summed E-state index contributed by atoms with van der Waals surface area (Å²) in [5.74, 6) is 1.06. The van der Waals surface area contributed by atoms with Crippen LogP contribution in [0.1, 0.15) is 44.6 Å². The molecule has 3 aliphatic carbocycles. The number of hydrogen-bond donors (Lipinski definition) is 1. The largest absolute Gasteiger partial charge is 0.481 e. The van der Waals surface area contributed by atoms with Gasteiger partial charge in [-0.2, -0.15) is 0 Å². The van der Waals surface area contributed by atoms with Crippen LogP contribution in [0.2, 0.25) is 0 Å². The normalized spacial score (nSPS) is 21.5. The Morgan fingerprint density at radius 3 is 2.57 bits per heavy atom. The van der Waals surface area contributed by atoms with Gasteiger partial charge in [0.1, 0.15) is 0 Å². The van der Waals surface area contributed by atoms with Gasteiger partial charge in [0.2, 0.25) is 5.95 Å². The fraction of sp³-hybridized carbons (Fsp3) is 0.786. The predicted octanol–water partition coefficient (Wildman–Crippen LogP) is 2.17. The molecule has 0 amide bonds. The molecule has 4 rings (SSSR count). The molecule has 0 radical (unpaired) electrons. The van der Waals surface area contributed by atoms with Crippen LogP contribution in [-0.4, -0.2) is 44.2 Å². The van der Waals surface area contributed by atoms with E-state index in [0.29, 0.717) is 12.1 Å². The first-order chi connectivity index (χ1) is 10.2. The van der Waals surface area contributed by atoms with Gasteiger partial charge in [0.25, 0.3) is 0 Å². The Morgan fingerprint density at radius 1 is 1.24 bits per heavy atom. The Bertz CT molecular complexity index is 549. The third kappa shape index (κ3) is 3.02. The third-order valence-corrected chi connectivity index (χ3v) is 5.21. The molecule has 0 aliphatic heterocycles. The second-order valence-corrected chi connectivity index (χ2v) is 7.34. The van der Waals surface area contributed by atoms with Gasteiger partial charge in [-0.15, -0.1) is 10.2 Å². The van der Waals surface area contributed by atoms with Crippen LogP contribution in [0.25, 0.3) is 0 Å². The van der Waals surface area contributed by atoms with E-state index >= 15 is 0 Å². The summed E-state index contributed by atoms with van der Waals surface area (Å²) in [6.45, 7) is 1.10. The van der Waals surface area contributed by atoms with E-state index in [0.717, 1.165) is 36.4 Å². The highest BCUT2D eigenvalue weighted by Gasteiger charge is 2.39. The Morgan fingerprint density at radius 2 is 2.00 bits per heavy atom. The van der Waals surface area contributed by atoms with E-state index in [4.69, 9.17) is 5.11 Å². The summed E-state index contributed by atoms with van der Waals surface area (Å²) in [4.78, 5) is 13.2. The summed E-state index contributed by atoms with van der Waals surface area (Å²) in [6, 6.07) is 1.11. The van der Waals surface area contributed by atoms with Crippen molar-refractivity contribution < 1.29 is 9.90 Å². The standard InChI is InChI=1S/C14H20N4O2S/c19-12(20)8-21-14-16-15-13(18(14)11-5-6-11)17(10-3-4-10)7-9-1-2-9/h9-11H,1-8H2,(H,19,20). The Hall–Kier alpha value is -1.24. The fourth-order valence-electron chi connectivity index (χ4n) is 2.70. The molecular formula is C14H20N4O2S. The lowest BCUT2D eigenvalue weighted by molar-refractivity contribution is -0.133. The average Bonchev–Trinajstić information content (AvgIpc) is 3.31. The molecule has 1 aromatic rings. The third-order valence-electron chi connectivity index (χ3n) is 4.28. The van der Waals surface area contributed by atoms with Crippen LogP contribution in [0.15, 0.2) is 5.16 Å². The maximum Gasteiger partial charge on any atom is 0.313 e. The van der Waals surface area contributed by atoms with E-state index in [1.807, 2.05) is 0 Å². The lowest BCUT2D eigenvalue weighted by Gasteiger charge is -2.24. The molecule has 3 fully saturated rings. The van der Waals surface area contributed by atoms with Crippen LogP contribution in [0.4, 0.5) is 5.95 Å². The maximum atomic E-state index is 10.8. The van der Waals surface area contributed by atoms with Crippen molar-refractivity contribution in [2.24, 2.45) is 5.92 Å². The molecular weight excluding hydrogens is 288 g/mol. The minimum atomic E-state index is -0.802. The zero-order valence-electron chi connectivity index (χ0n) is 11.9. The number of carboxylic acid groups (broad SMARTS) is 1. The first-order valence-electron chi connectivity index (χ1n) is 7.78. The van der Waals surface area contributed by atoms with E-state index in [9.17, 15) is 4.79 Å². The number of carbonyl (C=O) groups is 1. The van der Waals surface area contributed by atoms with Crippen LogP contribution in [0, 0.1) is 5.92 Å². The zero-order chi connectivity index (χ0) is 14.4. The van der Waals surface area contributed by atoms with Gasteiger partial charge in [0.15, 0.2) is 5.16 Å². The molecule has 3 aliphatic rings. The molecule has 0 aromatic carbocycles. The van der Waals surface area contributed by atoms with Gasteiger partial charge in [0, 0.05) is 18.6 Å². The first kappa shape index (κ1) is 13.4. The maximum absolute atomic E-state index is 10.8. The lowest BCUT2D eigenvalue weighted by atomic mass is 10.3. The van der Waals surface area contributed by atoms with Crippen molar-refractivity contribution in [3.8, 4) is 0 Å². The number of aliphatic carboxylic acids is 1. The number of thioether (sulfide) groups is 1. The Labute approximate surface area is 127 Å². The topological polar surface area (TPSA) is 71.2 Å². The van der Waals surface area contributed by atoms with Crippen LogP contribution in [0.5, 0.6) is 0 Å². The molecule has 6 nitrogen and oxygen atoms in total. The molecule has 0 saturated heterocycles. The number of aromatic nitrogens is 3. The summed E-state index contributed by atoms with van der Waals surface area (Å²) in [7, 11) is 0. The quantitative estimate of drug-likeness (QED) is 0.742. The second-order valence-electron chi connectivity index (χ2n) is 6.39. The minimum absolute atomic E-state index is 0.0525. The van der Waals surface area contributed by atoms with E-state index in [2.05, 4.69) is 19.7 Å². The molecule has 1 heterocycles.